The molecule has 1 aliphatic heterocycles. The van der Waals surface area contributed by atoms with E-state index in [1.54, 1.807) is 6.20 Å². The topological polar surface area (TPSA) is 63.6 Å². The molecule has 5 rings (SSSR count). The van der Waals surface area contributed by atoms with Crippen molar-refractivity contribution in [3.05, 3.63) is 35.8 Å². The van der Waals surface area contributed by atoms with Gasteiger partial charge in [0.05, 0.1) is 24.2 Å². The Morgan fingerprint density at radius 2 is 1.67 bits per heavy atom. The second kappa shape index (κ2) is 11.1. The summed E-state index contributed by atoms with van der Waals surface area (Å²) >= 11 is 0. The molecule has 0 aromatic carbocycles. The molecular weight excluding hydrogens is 414 g/mol. The van der Waals surface area contributed by atoms with Crippen molar-refractivity contribution in [1.29, 1.82) is 0 Å². The van der Waals surface area contributed by atoms with Crippen molar-refractivity contribution in [1.82, 2.24) is 19.9 Å². The lowest BCUT2D eigenvalue weighted by atomic mass is 10.0. The highest BCUT2D eigenvalue weighted by molar-refractivity contribution is 5.41. The largest absolute Gasteiger partial charge is 0.477 e. The number of rotatable bonds is 9. The van der Waals surface area contributed by atoms with Crippen LogP contribution in [-0.4, -0.2) is 65.3 Å². The van der Waals surface area contributed by atoms with Crippen LogP contribution in [0.3, 0.4) is 0 Å². The first-order valence-corrected chi connectivity index (χ1v) is 12.9. The highest BCUT2D eigenvalue weighted by Crippen LogP contribution is 2.25. The number of nitrogens with zero attached hydrogens (tertiary/aromatic N) is 5. The summed E-state index contributed by atoms with van der Waals surface area (Å²) in [5.74, 6) is 2.52. The van der Waals surface area contributed by atoms with Crippen LogP contribution >= 0.6 is 0 Å². The van der Waals surface area contributed by atoms with Gasteiger partial charge in [-0.1, -0.05) is 6.07 Å². The second-order valence-corrected chi connectivity index (χ2v) is 9.55. The summed E-state index contributed by atoms with van der Waals surface area (Å²) < 4.78 is 12.0. The Hall–Kier alpha value is -2.41. The molecule has 7 nitrogen and oxygen atoms in total. The van der Waals surface area contributed by atoms with Crippen LogP contribution in [0.15, 0.2) is 24.4 Å². The first kappa shape index (κ1) is 22.4. The van der Waals surface area contributed by atoms with Gasteiger partial charge in [0.1, 0.15) is 11.9 Å². The zero-order chi connectivity index (χ0) is 22.3. The first-order valence-electron chi connectivity index (χ1n) is 12.9. The summed E-state index contributed by atoms with van der Waals surface area (Å²) in [4.78, 5) is 18.9. The lowest BCUT2D eigenvalue weighted by Gasteiger charge is -2.35. The van der Waals surface area contributed by atoms with Crippen LogP contribution in [0, 0.1) is 0 Å². The molecule has 2 aliphatic carbocycles. The number of aromatic nitrogens is 3. The summed E-state index contributed by atoms with van der Waals surface area (Å²) in [6.07, 6.45) is 13.8. The van der Waals surface area contributed by atoms with Crippen molar-refractivity contribution in [3.63, 3.8) is 0 Å². The molecule has 2 aromatic heterocycles. The van der Waals surface area contributed by atoms with Crippen molar-refractivity contribution in [2.75, 3.05) is 44.2 Å². The van der Waals surface area contributed by atoms with Crippen molar-refractivity contribution in [2.24, 2.45) is 0 Å². The molecule has 0 N–H and O–H groups in total. The van der Waals surface area contributed by atoms with E-state index in [-0.39, 0.29) is 0 Å². The Morgan fingerprint density at radius 3 is 2.52 bits per heavy atom. The molecule has 0 unspecified atom stereocenters. The van der Waals surface area contributed by atoms with Gasteiger partial charge < -0.3 is 14.4 Å². The molecule has 2 aromatic rings. The lowest BCUT2D eigenvalue weighted by molar-refractivity contribution is 0.201. The van der Waals surface area contributed by atoms with E-state index in [4.69, 9.17) is 14.5 Å². The van der Waals surface area contributed by atoms with Crippen molar-refractivity contribution in [3.8, 4) is 11.8 Å². The Balaban J connectivity index is 0.995. The van der Waals surface area contributed by atoms with Gasteiger partial charge in [0, 0.05) is 32.2 Å². The minimum Gasteiger partial charge on any atom is -0.477 e. The average molecular weight is 452 g/mol. The standard InChI is InChI=1S/C26H37N5O2/c1-2-9-21(8-1)33-25-13-7-12-24(29-25)31-17-15-30(16-18-31)14-5-6-19-32-26-20-27-22-10-3-4-11-23(22)28-26/h7,12-13,20-21H,1-6,8-11,14-19H2. The van der Waals surface area contributed by atoms with Gasteiger partial charge in [-0.2, -0.15) is 4.98 Å². The first-order chi connectivity index (χ1) is 16.3. The van der Waals surface area contributed by atoms with E-state index in [2.05, 4.69) is 31.9 Å². The monoisotopic (exact) mass is 451 g/mol. The molecule has 1 saturated heterocycles. The van der Waals surface area contributed by atoms with Gasteiger partial charge in [0.15, 0.2) is 0 Å². The van der Waals surface area contributed by atoms with Gasteiger partial charge in [-0.15, -0.1) is 0 Å². The highest BCUT2D eigenvalue weighted by Gasteiger charge is 2.20. The van der Waals surface area contributed by atoms with E-state index in [1.165, 1.54) is 25.7 Å². The van der Waals surface area contributed by atoms with Crippen LogP contribution in [-0.2, 0) is 12.8 Å². The molecule has 3 heterocycles. The van der Waals surface area contributed by atoms with Crippen LogP contribution in [0.1, 0.15) is 62.8 Å². The number of unbranched alkanes of at least 4 members (excludes halogenated alkanes) is 1. The molecule has 0 bridgehead atoms. The third-order valence-corrected chi connectivity index (χ3v) is 7.10. The van der Waals surface area contributed by atoms with E-state index in [0.29, 0.717) is 18.6 Å². The molecule has 0 atom stereocenters. The predicted molar refractivity (Wildman–Crippen MR) is 129 cm³/mol. The Morgan fingerprint density at radius 1 is 0.848 bits per heavy atom. The van der Waals surface area contributed by atoms with Crippen LogP contribution < -0.4 is 14.4 Å². The minimum absolute atomic E-state index is 0.355. The third-order valence-electron chi connectivity index (χ3n) is 7.10. The second-order valence-electron chi connectivity index (χ2n) is 9.55. The zero-order valence-electron chi connectivity index (χ0n) is 19.8. The number of fused-ring (bicyclic) bond motifs is 1. The van der Waals surface area contributed by atoms with Gasteiger partial charge >= 0.3 is 0 Å². The van der Waals surface area contributed by atoms with Crippen LogP contribution in [0.5, 0.6) is 11.8 Å². The molecule has 0 spiro atoms. The number of hydrogen-bond acceptors (Lipinski definition) is 7. The van der Waals surface area contributed by atoms with Crippen molar-refractivity contribution in [2.45, 2.75) is 70.3 Å². The molecule has 178 valence electrons. The maximum atomic E-state index is 6.09. The number of pyridine rings is 1. The molecule has 7 heteroatoms. The summed E-state index contributed by atoms with van der Waals surface area (Å²) in [6, 6.07) is 6.18. The van der Waals surface area contributed by atoms with E-state index in [0.717, 1.165) is 94.3 Å². The summed E-state index contributed by atoms with van der Waals surface area (Å²) in [7, 11) is 0. The molecule has 2 fully saturated rings. The predicted octanol–water partition coefficient (Wildman–Crippen LogP) is 4.05. The number of piperazine rings is 1. The van der Waals surface area contributed by atoms with E-state index in [1.807, 2.05) is 6.07 Å². The fourth-order valence-corrected chi connectivity index (χ4v) is 5.13. The van der Waals surface area contributed by atoms with Crippen LogP contribution in [0.2, 0.25) is 0 Å². The fourth-order valence-electron chi connectivity index (χ4n) is 5.13. The SMILES string of the molecule is c1cc(OC2CCCC2)nc(N2CCN(CCCCOc3cnc4c(n3)CCCC4)CC2)c1. The molecule has 3 aliphatic rings. The minimum atomic E-state index is 0.355. The molecule has 0 amide bonds. The molecule has 33 heavy (non-hydrogen) atoms. The smallest absolute Gasteiger partial charge is 0.232 e. The van der Waals surface area contributed by atoms with Gasteiger partial charge in [-0.3, -0.25) is 9.88 Å². The Labute approximate surface area is 197 Å². The van der Waals surface area contributed by atoms with E-state index < -0.39 is 0 Å². The van der Waals surface area contributed by atoms with Gasteiger partial charge in [0.25, 0.3) is 0 Å². The Kier molecular flexibility index (Phi) is 7.56. The van der Waals surface area contributed by atoms with Crippen molar-refractivity contribution < 1.29 is 9.47 Å². The number of ether oxygens (including phenoxy) is 2. The fraction of sp³-hybridized carbons (Fsp3) is 0.654. The molecule has 0 radical (unpaired) electrons. The summed E-state index contributed by atoms with van der Waals surface area (Å²) in [6.45, 7) is 6.01. The van der Waals surface area contributed by atoms with Gasteiger partial charge in [0.2, 0.25) is 11.8 Å². The summed E-state index contributed by atoms with van der Waals surface area (Å²) in [5.41, 5.74) is 2.30. The van der Waals surface area contributed by atoms with Gasteiger partial charge in [-0.25, -0.2) is 4.98 Å². The zero-order valence-corrected chi connectivity index (χ0v) is 19.8. The number of hydrogen-bond donors (Lipinski definition) is 0. The van der Waals surface area contributed by atoms with Crippen LogP contribution in [0.25, 0.3) is 0 Å². The van der Waals surface area contributed by atoms with E-state index >= 15 is 0 Å². The normalized spacial score (nSPS) is 19.5. The maximum absolute atomic E-state index is 6.09. The summed E-state index contributed by atoms with van der Waals surface area (Å²) in [5, 5.41) is 0. The lowest BCUT2D eigenvalue weighted by Crippen LogP contribution is -2.47. The molecular formula is C26H37N5O2. The highest BCUT2D eigenvalue weighted by atomic mass is 16.5. The Bertz CT molecular complexity index is 894. The maximum Gasteiger partial charge on any atom is 0.232 e. The number of aryl methyl sites for hydroxylation is 2. The van der Waals surface area contributed by atoms with Crippen molar-refractivity contribution >= 4 is 5.82 Å². The van der Waals surface area contributed by atoms with Crippen LogP contribution in [0.4, 0.5) is 5.82 Å². The number of anilines is 1. The van der Waals surface area contributed by atoms with Gasteiger partial charge in [-0.05, 0) is 76.8 Å². The third kappa shape index (κ3) is 6.14. The molecule has 1 saturated carbocycles. The quantitative estimate of drug-likeness (QED) is 0.533. The average Bonchev–Trinajstić information content (AvgIpc) is 3.37. The van der Waals surface area contributed by atoms with E-state index in [9.17, 15) is 0 Å².